The smallest absolute Gasteiger partial charge is 0.312 e. The highest BCUT2D eigenvalue weighted by molar-refractivity contribution is 5.77. The van der Waals surface area contributed by atoms with Crippen LogP contribution in [-0.4, -0.2) is 50.3 Å². The third kappa shape index (κ3) is 5.91. The third-order valence-electron chi connectivity index (χ3n) is 6.91. The van der Waals surface area contributed by atoms with Gasteiger partial charge >= 0.3 is 5.97 Å². The van der Waals surface area contributed by atoms with E-state index in [1.807, 2.05) is 43.3 Å². The Kier molecular flexibility index (Phi) is 7.96. The molecule has 2 aliphatic rings. The van der Waals surface area contributed by atoms with Gasteiger partial charge in [0, 0.05) is 19.0 Å². The fraction of sp³-hybridized carbons (Fsp3) is 0.500. The predicted octanol–water partition coefficient (Wildman–Crippen LogP) is 3.71. The Hall–Kier alpha value is -2.48. The molecule has 7 heteroatoms. The van der Waals surface area contributed by atoms with Crippen LogP contribution < -0.4 is 15.6 Å². The Morgan fingerprint density at radius 1 is 1.15 bits per heavy atom. The Balaban J connectivity index is 1.35. The number of hydrogen-bond donors (Lipinski definition) is 2. The van der Waals surface area contributed by atoms with Gasteiger partial charge in [0.25, 0.3) is 0 Å². The standard InChI is InChI=1S/C26H34FN3O3/c1-2-32-25(31)26(13-16-33-23-9-4-3-5-10-23)11-14-30(15-12-26)19-21-18-28-29-24(21)20-7-6-8-22(27)17-20/h3-10,17,21,24,28-29H,2,11-16,18-19H2,1H3. The fourth-order valence-corrected chi connectivity index (χ4v) is 4.98. The summed E-state index contributed by atoms with van der Waals surface area (Å²) in [5, 5.41) is 0. The summed E-state index contributed by atoms with van der Waals surface area (Å²) in [5.41, 5.74) is 6.99. The minimum Gasteiger partial charge on any atom is -0.494 e. The first-order valence-electron chi connectivity index (χ1n) is 11.9. The molecular weight excluding hydrogens is 421 g/mol. The molecule has 0 aromatic heterocycles. The van der Waals surface area contributed by atoms with Gasteiger partial charge in [-0.1, -0.05) is 30.3 Å². The van der Waals surface area contributed by atoms with E-state index in [-0.39, 0.29) is 17.8 Å². The summed E-state index contributed by atoms with van der Waals surface area (Å²) in [4.78, 5) is 15.3. The monoisotopic (exact) mass is 455 g/mol. The van der Waals surface area contributed by atoms with Crippen LogP contribution in [0.25, 0.3) is 0 Å². The van der Waals surface area contributed by atoms with E-state index in [0.717, 1.165) is 50.3 Å². The van der Waals surface area contributed by atoms with Crippen LogP contribution in [0.1, 0.15) is 37.8 Å². The molecule has 178 valence electrons. The zero-order chi connectivity index (χ0) is 23.1. The second kappa shape index (κ2) is 11.1. The van der Waals surface area contributed by atoms with Crippen LogP contribution in [0.2, 0.25) is 0 Å². The number of likely N-dealkylation sites (tertiary alicyclic amines) is 1. The highest BCUT2D eigenvalue weighted by atomic mass is 19.1. The number of piperidine rings is 1. The molecule has 2 N–H and O–H groups in total. The van der Waals surface area contributed by atoms with Gasteiger partial charge < -0.3 is 14.4 Å². The number of hydrogen-bond acceptors (Lipinski definition) is 6. The van der Waals surface area contributed by atoms with Crippen molar-refractivity contribution < 1.29 is 18.7 Å². The number of nitrogens with zero attached hydrogens (tertiary/aromatic N) is 1. The number of para-hydroxylation sites is 1. The van der Waals surface area contributed by atoms with E-state index in [2.05, 4.69) is 15.8 Å². The number of ether oxygens (including phenoxy) is 2. The molecule has 2 heterocycles. The van der Waals surface area contributed by atoms with Crippen LogP contribution in [0.3, 0.4) is 0 Å². The molecule has 6 nitrogen and oxygen atoms in total. The van der Waals surface area contributed by atoms with Crippen molar-refractivity contribution in [1.29, 1.82) is 0 Å². The topological polar surface area (TPSA) is 62.8 Å². The number of hydrazine groups is 1. The Bertz CT molecular complexity index is 903. The van der Waals surface area contributed by atoms with Gasteiger partial charge in [0.15, 0.2) is 0 Å². The lowest BCUT2D eigenvalue weighted by molar-refractivity contribution is -0.159. The van der Waals surface area contributed by atoms with Gasteiger partial charge in [-0.25, -0.2) is 9.82 Å². The minimum absolute atomic E-state index is 0.0664. The maximum Gasteiger partial charge on any atom is 0.312 e. The fourth-order valence-electron chi connectivity index (χ4n) is 4.98. The molecule has 0 radical (unpaired) electrons. The summed E-state index contributed by atoms with van der Waals surface area (Å²) >= 11 is 0. The number of carbonyl (C=O) groups is 1. The van der Waals surface area contributed by atoms with E-state index in [1.54, 1.807) is 12.1 Å². The van der Waals surface area contributed by atoms with E-state index in [4.69, 9.17) is 9.47 Å². The van der Waals surface area contributed by atoms with Crippen molar-refractivity contribution in [2.45, 2.75) is 32.2 Å². The van der Waals surface area contributed by atoms with Gasteiger partial charge in [0.1, 0.15) is 11.6 Å². The third-order valence-corrected chi connectivity index (χ3v) is 6.91. The van der Waals surface area contributed by atoms with Crippen molar-refractivity contribution in [2.75, 3.05) is 39.4 Å². The molecule has 2 atom stereocenters. The number of nitrogens with one attached hydrogen (secondary N) is 2. The van der Waals surface area contributed by atoms with Crippen LogP contribution in [0.5, 0.6) is 5.75 Å². The van der Waals surface area contributed by atoms with E-state index in [9.17, 15) is 9.18 Å². The molecule has 2 unspecified atom stereocenters. The lowest BCUT2D eigenvalue weighted by Gasteiger charge is -2.41. The number of benzene rings is 2. The van der Waals surface area contributed by atoms with Crippen LogP contribution in [-0.2, 0) is 9.53 Å². The normalized spacial score (nSPS) is 22.7. The molecule has 2 aromatic carbocycles. The van der Waals surface area contributed by atoms with Crippen LogP contribution >= 0.6 is 0 Å². The summed E-state index contributed by atoms with van der Waals surface area (Å²) in [6.07, 6.45) is 2.15. The van der Waals surface area contributed by atoms with E-state index >= 15 is 0 Å². The van der Waals surface area contributed by atoms with Gasteiger partial charge in [-0.2, -0.15) is 0 Å². The summed E-state index contributed by atoms with van der Waals surface area (Å²) in [7, 11) is 0. The van der Waals surface area contributed by atoms with Gasteiger partial charge in [-0.15, -0.1) is 0 Å². The maximum absolute atomic E-state index is 13.7. The molecular formula is C26H34FN3O3. The molecule has 0 spiro atoms. The van der Waals surface area contributed by atoms with Crippen molar-refractivity contribution >= 4 is 5.97 Å². The van der Waals surface area contributed by atoms with Crippen molar-refractivity contribution in [1.82, 2.24) is 15.8 Å². The van der Waals surface area contributed by atoms with Crippen molar-refractivity contribution in [3.05, 3.63) is 66.0 Å². The number of halogens is 1. The number of rotatable bonds is 9. The van der Waals surface area contributed by atoms with E-state index in [1.165, 1.54) is 6.07 Å². The molecule has 0 aliphatic carbocycles. The molecule has 4 rings (SSSR count). The number of esters is 1. The average molecular weight is 456 g/mol. The average Bonchev–Trinajstić information content (AvgIpc) is 3.29. The van der Waals surface area contributed by atoms with Crippen molar-refractivity contribution in [3.8, 4) is 5.75 Å². The molecule has 0 bridgehead atoms. The zero-order valence-corrected chi connectivity index (χ0v) is 19.3. The quantitative estimate of drug-likeness (QED) is 0.562. The van der Waals surface area contributed by atoms with Gasteiger partial charge in [-0.3, -0.25) is 10.2 Å². The Labute approximate surface area is 195 Å². The summed E-state index contributed by atoms with van der Waals surface area (Å²) < 4.78 is 25.1. The minimum atomic E-state index is -0.505. The molecule has 0 amide bonds. The molecule has 2 saturated heterocycles. The number of carbonyl (C=O) groups excluding carboxylic acids is 1. The lowest BCUT2D eigenvalue weighted by atomic mass is 9.75. The van der Waals surface area contributed by atoms with Gasteiger partial charge in [-0.05, 0) is 69.1 Å². The highest BCUT2D eigenvalue weighted by Gasteiger charge is 2.43. The predicted molar refractivity (Wildman–Crippen MR) is 125 cm³/mol. The highest BCUT2D eigenvalue weighted by Crippen LogP contribution is 2.38. The van der Waals surface area contributed by atoms with Crippen LogP contribution in [0.15, 0.2) is 54.6 Å². The van der Waals surface area contributed by atoms with Gasteiger partial charge in [0.2, 0.25) is 0 Å². The molecule has 2 fully saturated rings. The summed E-state index contributed by atoms with van der Waals surface area (Å²) in [5.74, 6) is 0.819. The molecule has 2 aliphatic heterocycles. The van der Waals surface area contributed by atoms with E-state index in [0.29, 0.717) is 25.6 Å². The zero-order valence-electron chi connectivity index (χ0n) is 19.3. The SMILES string of the molecule is CCOC(=O)C1(CCOc2ccccc2)CCN(CC2CNNC2c2cccc(F)c2)CC1. The maximum atomic E-state index is 13.7. The molecule has 2 aromatic rings. The van der Waals surface area contributed by atoms with Crippen LogP contribution in [0, 0.1) is 17.2 Å². The second-order valence-electron chi connectivity index (χ2n) is 9.03. The first-order chi connectivity index (χ1) is 16.1. The largest absolute Gasteiger partial charge is 0.494 e. The van der Waals surface area contributed by atoms with Gasteiger partial charge in [0.05, 0.1) is 24.7 Å². The first-order valence-corrected chi connectivity index (χ1v) is 11.9. The Morgan fingerprint density at radius 2 is 1.94 bits per heavy atom. The first kappa shape index (κ1) is 23.7. The Morgan fingerprint density at radius 3 is 2.67 bits per heavy atom. The molecule has 0 saturated carbocycles. The van der Waals surface area contributed by atoms with Crippen molar-refractivity contribution in [3.63, 3.8) is 0 Å². The molecule has 33 heavy (non-hydrogen) atoms. The van der Waals surface area contributed by atoms with Crippen molar-refractivity contribution in [2.24, 2.45) is 11.3 Å². The van der Waals surface area contributed by atoms with E-state index < -0.39 is 5.41 Å². The van der Waals surface area contributed by atoms with Crippen LogP contribution in [0.4, 0.5) is 4.39 Å². The lowest BCUT2D eigenvalue weighted by Crippen LogP contribution is -2.47. The summed E-state index contributed by atoms with van der Waals surface area (Å²) in [6, 6.07) is 16.6. The second-order valence-corrected chi connectivity index (χ2v) is 9.03. The summed E-state index contributed by atoms with van der Waals surface area (Å²) in [6.45, 7) is 6.10.